The average molecular weight is 442 g/mol. The highest BCUT2D eigenvalue weighted by Gasteiger charge is 2.18. The topological polar surface area (TPSA) is 68.0 Å². The Labute approximate surface area is 195 Å². The third-order valence-electron chi connectivity index (χ3n) is 6.16. The van der Waals surface area contributed by atoms with Gasteiger partial charge in [0.25, 0.3) is 0 Å². The van der Waals surface area contributed by atoms with Gasteiger partial charge >= 0.3 is 5.97 Å². The van der Waals surface area contributed by atoms with E-state index < -0.39 is 5.97 Å². The van der Waals surface area contributed by atoms with Crippen molar-refractivity contribution in [2.45, 2.75) is 58.9 Å². The number of rotatable bonds is 9. The van der Waals surface area contributed by atoms with Crippen LogP contribution in [0.1, 0.15) is 65.9 Å². The number of carboxylic acids is 1. The van der Waals surface area contributed by atoms with Crippen molar-refractivity contribution in [3.8, 4) is 0 Å². The fourth-order valence-corrected chi connectivity index (χ4v) is 4.47. The molecule has 0 saturated heterocycles. The highest BCUT2D eigenvalue weighted by atomic mass is 16.4. The molecule has 5 nitrogen and oxygen atoms in total. The zero-order valence-corrected chi connectivity index (χ0v) is 19.6. The van der Waals surface area contributed by atoms with E-state index in [1.54, 1.807) is 0 Å². The number of carbonyl (C=O) groups is 1. The summed E-state index contributed by atoms with van der Waals surface area (Å²) in [4.78, 5) is 21.3. The Bertz CT molecular complexity index is 1240. The van der Waals surface area contributed by atoms with E-state index in [2.05, 4.69) is 48.7 Å². The quantitative estimate of drug-likeness (QED) is 0.343. The molecule has 0 radical (unpaired) electrons. The molecule has 0 aliphatic rings. The van der Waals surface area contributed by atoms with Crippen LogP contribution >= 0.6 is 0 Å². The van der Waals surface area contributed by atoms with Crippen LogP contribution in [0.4, 0.5) is 0 Å². The van der Waals surface area contributed by atoms with E-state index in [0.29, 0.717) is 6.54 Å². The van der Waals surface area contributed by atoms with Gasteiger partial charge in [-0.25, -0.2) is 9.97 Å². The minimum atomic E-state index is -0.796. The minimum Gasteiger partial charge on any atom is -0.481 e. The number of carboxylic acid groups (broad SMARTS) is 1. The van der Waals surface area contributed by atoms with Crippen molar-refractivity contribution >= 4 is 17.1 Å². The lowest BCUT2D eigenvalue weighted by atomic mass is 9.88. The summed E-state index contributed by atoms with van der Waals surface area (Å²) in [6, 6.07) is 20.3. The summed E-state index contributed by atoms with van der Waals surface area (Å²) < 4.78 is 2.24. The molecule has 1 unspecified atom stereocenters. The van der Waals surface area contributed by atoms with Crippen LogP contribution in [0, 0.1) is 13.8 Å². The van der Waals surface area contributed by atoms with E-state index in [-0.39, 0.29) is 12.3 Å². The van der Waals surface area contributed by atoms with Crippen LogP contribution in [0.5, 0.6) is 0 Å². The van der Waals surface area contributed by atoms with Gasteiger partial charge in [0.05, 0.1) is 13.0 Å². The number of aryl methyl sites for hydroxylation is 3. The number of nitrogens with zero attached hydrogens (tertiary/aromatic N) is 3. The first-order valence-corrected chi connectivity index (χ1v) is 11.6. The van der Waals surface area contributed by atoms with Crippen molar-refractivity contribution in [1.82, 2.24) is 14.5 Å². The molecule has 0 aliphatic heterocycles. The number of benzene rings is 2. The Morgan fingerprint density at radius 1 is 1.00 bits per heavy atom. The first-order valence-electron chi connectivity index (χ1n) is 11.6. The number of hydrogen-bond acceptors (Lipinski definition) is 3. The molecule has 0 aliphatic carbocycles. The SMILES string of the molecule is CCCCc1nc2c(C)cc(C)nc2n1Cc1ccc(C(CC(=O)O)c2ccccc2)cc1. The van der Waals surface area contributed by atoms with E-state index in [1.165, 1.54) is 0 Å². The highest BCUT2D eigenvalue weighted by Crippen LogP contribution is 2.29. The Balaban J connectivity index is 1.67. The molecule has 33 heavy (non-hydrogen) atoms. The summed E-state index contributed by atoms with van der Waals surface area (Å²) in [5.41, 5.74) is 7.26. The van der Waals surface area contributed by atoms with Crippen LogP contribution in [0.2, 0.25) is 0 Å². The average Bonchev–Trinajstić information content (AvgIpc) is 3.14. The molecule has 4 rings (SSSR count). The van der Waals surface area contributed by atoms with Gasteiger partial charge in [-0.2, -0.15) is 0 Å². The van der Waals surface area contributed by atoms with Crippen LogP contribution in [0.15, 0.2) is 60.7 Å². The Kier molecular flexibility index (Phi) is 6.87. The number of aromatic nitrogens is 3. The van der Waals surface area contributed by atoms with Crippen molar-refractivity contribution in [3.05, 3.63) is 94.4 Å². The Hall–Kier alpha value is -3.47. The van der Waals surface area contributed by atoms with Crippen LogP contribution in [0.3, 0.4) is 0 Å². The maximum atomic E-state index is 11.5. The molecule has 0 amide bonds. The van der Waals surface area contributed by atoms with Crippen molar-refractivity contribution in [2.24, 2.45) is 0 Å². The molecule has 0 saturated carbocycles. The fraction of sp³-hybridized carbons (Fsp3) is 0.321. The predicted octanol–water partition coefficient (Wildman–Crippen LogP) is 6.05. The molecular formula is C28H31N3O2. The van der Waals surface area contributed by atoms with E-state index in [1.807, 2.05) is 37.3 Å². The smallest absolute Gasteiger partial charge is 0.304 e. The number of imidazole rings is 1. The number of fused-ring (bicyclic) bond motifs is 1. The maximum Gasteiger partial charge on any atom is 0.304 e. The Morgan fingerprint density at radius 2 is 1.70 bits per heavy atom. The summed E-state index contributed by atoms with van der Waals surface area (Å²) in [6.07, 6.45) is 3.21. The summed E-state index contributed by atoms with van der Waals surface area (Å²) in [5, 5.41) is 9.46. The minimum absolute atomic E-state index is 0.0686. The molecule has 0 spiro atoms. The third kappa shape index (κ3) is 5.14. The van der Waals surface area contributed by atoms with E-state index in [4.69, 9.17) is 9.97 Å². The van der Waals surface area contributed by atoms with Crippen molar-refractivity contribution in [3.63, 3.8) is 0 Å². The van der Waals surface area contributed by atoms with Crippen molar-refractivity contribution in [2.75, 3.05) is 0 Å². The largest absolute Gasteiger partial charge is 0.481 e. The molecular weight excluding hydrogens is 410 g/mol. The first kappa shape index (κ1) is 22.7. The molecule has 2 aromatic carbocycles. The van der Waals surface area contributed by atoms with E-state index in [9.17, 15) is 9.90 Å². The number of hydrogen-bond donors (Lipinski definition) is 1. The predicted molar refractivity (Wildman–Crippen MR) is 132 cm³/mol. The van der Waals surface area contributed by atoms with Crippen LogP contribution < -0.4 is 0 Å². The Morgan fingerprint density at radius 3 is 2.36 bits per heavy atom. The lowest BCUT2D eigenvalue weighted by Gasteiger charge is -2.17. The van der Waals surface area contributed by atoms with Gasteiger partial charge in [-0.3, -0.25) is 4.79 Å². The molecule has 5 heteroatoms. The van der Waals surface area contributed by atoms with Gasteiger partial charge in [0.2, 0.25) is 0 Å². The molecule has 170 valence electrons. The zero-order valence-electron chi connectivity index (χ0n) is 19.6. The molecule has 0 bridgehead atoms. The molecule has 0 fully saturated rings. The second kappa shape index (κ2) is 9.99. The van der Waals surface area contributed by atoms with Crippen molar-refractivity contribution < 1.29 is 9.90 Å². The van der Waals surface area contributed by atoms with Gasteiger partial charge in [0, 0.05) is 18.0 Å². The summed E-state index contributed by atoms with van der Waals surface area (Å²) in [5.74, 6) is 0.110. The van der Waals surface area contributed by atoms with E-state index >= 15 is 0 Å². The third-order valence-corrected chi connectivity index (χ3v) is 6.16. The molecule has 2 heterocycles. The second-order valence-electron chi connectivity index (χ2n) is 8.77. The first-order chi connectivity index (χ1) is 16.0. The van der Waals surface area contributed by atoms with Gasteiger partial charge in [0.15, 0.2) is 5.65 Å². The monoisotopic (exact) mass is 441 g/mol. The van der Waals surface area contributed by atoms with Crippen LogP contribution in [-0.4, -0.2) is 25.6 Å². The fourth-order valence-electron chi connectivity index (χ4n) is 4.47. The highest BCUT2D eigenvalue weighted by molar-refractivity contribution is 5.76. The summed E-state index contributed by atoms with van der Waals surface area (Å²) >= 11 is 0. The van der Waals surface area contributed by atoms with E-state index in [0.717, 1.165) is 64.2 Å². The van der Waals surface area contributed by atoms with Gasteiger partial charge in [-0.05, 0) is 48.6 Å². The molecule has 1 atom stereocenters. The standard InChI is InChI=1S/C28H31N3O2/c1-4-5-11-25-30-27-19(2)16-20(3)29-28(27)31(25)18-21-12-14-23(15-13-21)24(17-26(32)33)22-9-7-6-8-10-22/h6-10,12-16,24H,4-5,11,17-18H2,1-3H3,(H,32,33). The number of unbranched alkanes of at least 4 members (excludes halogenated alkanes) is 1. The maximum absolute atomic E-state index is 11.5. The summed E-state index contributed by atoms with van der Waals surface area (Å²) in [6.45, 7) is 7.01. The van der Waals surface area contributed by atoms with Crippen LogP contribution in [-0.2, 0) is 17.8 Å². The van der Waals surface area contributed by atoms with Crippen LogP contribution in [0.25, 0.3) is 11.2 Å². The van der Waals surface area contributed by atoms with Gasteiger partial charge in [-0.1, -0.05) is 67.9 Å². The summed E-state index contributed by atoms with van der Waals surface area (Å²) in [7, 11) is 0. The second-order valence-corrected chi connectivity index (χ2v) is 8.77. The van der Waals surface area contributed by atoms with Crippen molar-refractivity contribution in [1.29, 1.82) is 0 Å². The number of aliphatic carboxylic acids is 1. The lowest BCUT2D eigenvalue weighted by Crippen LogP contribution is -2.09. The van der Waals surface area contributed by atoms with Gasteiger partial charge < -0.3 is 9.67 Å². The number of pyridine rings is 1. The molecule has 2 aromatic heterocycles. The zero-order chi connectivity index (χ0) is 23.4. The lowest BCUT2D eigenvalue weighted by molar-refractivity contribution is -0.137. The van der Waals surface area contributed by atoms with Gasteiger partial charge in [0.1, 0.15) is 11.3 Å². The normalized spacial score (nSPS) is 12.2. The molecule has 4 aromatic rings. The molecule has 1 N–H and O–H groups in total. The van der Waals surface area contributed by atoms with Gasteiger partial charge in [-0.15, -0.1) is 0 Å².